The zero-order valence-corrected chi connectivity index (χ0v) is 14.6. The van der Waals surface area contributed by atoms with E-state index in [0.29, 0.717) is 5.92 Å². The lowest BCUT2D eigenvalue weighted by atomic mass is 9.82. The maximum atomic E-state index is 12.2. The molecule has 3 rings (SSSR count). The van der Waals surface area contributed by atoms with Crippen molar-refractivity contribution in [2.75, 3.05) is 13.1 Å². The molecule has 4 heteroatoms. The number of ether oxygens (including phenoxy) is 1. The number of carbonyl (C=O) groups is 1. The number of nitrogens with zero attached hydrogens (tertiary/aromatic N) is 2. The summed E-state index contributed by atoms with van der Waals surface area (Å²) in [4.78, 5) is 18.6. The number of piperidine rings is 1. The summed E-state index contributed by atoms with van der Waals surface area (Å²) in [6.45, 7) is 7.33. The summed E-state index contributed by atoms with van der Waals surface area (Å²) >= 11 is 0. The quantitative estimate of drug-likeness (QED) is 0.784. The highest BCUT2D eigenvalue weighted by Crippen LogP contribution is 2.34. The summed E-state index contributed by atoms with van der Waals surface area (Å²) in [7, 11) is 0. The van der Waals surface area contributed by atoms with Crippen molar-refractivity contribution >= 4 is 6.09 Å². The van der Waals surface area contributed by atoms with Crippen molar-refractivity contribution in [1.82, 2.24) is 9.88 Å². The predicted octanol–water partition coefficient (Wildman–Crippen LogP) is 4.07. The standard InChI is InChI=1S/C19H28N2O2/c1-19(2,3)23-18(22)21-12-9-14(10-13-21)15-8-11-20-17-7-5-4-6-16(15)17/h8,11,14H,4-7,9-10,12-13H2,1-3H3. The van der Waals surface area contributed by atoms with Crippen molar-refractivity contribution in [3.63, 3.8) is 0 Å². The van der Waals surface area contributed by atoms with Crippen LogP contribution in [0, 0.1) is 0 Å². The molecule has 1 aliphatic heterocycles. The van der Waals surface area contributed by atoms with Gasteiger partial charge in [0.1, 0.15) is 5.60 Å². The molecule has 2 heterocycles. The van der Waals surface area contributed by atoms with Crippen LogP contribution in [0.1, 0.15) is 69.2 Å². The van der Waals surface area contributed by atoms with Crippen LogP contribution in [-0.4, -0.2) is 34.7 Å². The van der Waals surface area contributed by atoms with Gasteiger partial charge in [0.25, 0.3) is 0 Å². The molecule has 1 amide bonds. The van der Waals surface area contributed by atoms with E-state index in [-0.39, 0.29) is 6.09 Å². The SMILES string of the molecule is CC(C)(C)OC(=O)N1CCC(c2ccnc3c2CCCC3)CC1. The van der Waals surface area contributed by atoms with Gasteiger partial charge in [-0.1, -0.05) is 0 Å². The van der Waals surface area contributed by atoms with Crippen molar-refractivity contribution in [1.29, 1.82) is 0 Å². The van der Waals surface area contributed by atoms with E-state index in [1.54, 1.807) is 0 Å². The van der Waals surface area contributed by atoms with Gasteiger partial charge in [-0.15, -0.1) is 0 Å². The first-order valence-corrected chi connectivity index (χ1v) is 8.88. The second kappa shape index (κ2) is 6.50. The number of hydrogen-bond acceptors (Lipinski definition) is 3. The Morgan fingerprint density at radius 2 is 1.91 bits per heavy atom. The van der Waals surface area contributed by atoms with Crippen LogP contribution in [0.15, 0.2) is 12.3 Å². The Labute approximate surface area is 139 Å². The second-order valence-electron chi connectivity index (χ2n) is 7.77. The molecule has 1 fully saturated rings. The van der Waals surface area contributed by atoms with Crippen molar-refractivity contribution in [2.45, 2.75) is 70.8 Å². The zero-order valence-electron chi connectivity index (χ0n) is 14.6. The molecule has 1 aliphatic carbocycles. The number of fused-ring (bicyclic) bond motifs is 1. The molecule has 0 N–H and O–H groups in total. The lowest BCUT2D eigenvalue weighted by molar-refractivity contribution is 0.0204. The van der Waals surface area contributed by atoms with Gasteiger partial charge in [0.05, 0.1) is 0 Å². The van der Waals surface area contributed by atoms with E-state index >= 15 is 0 Å². The maximum absolute atomic E-state index is 12.2. The average molecular weight is 316 g/mol. The number of pyridine rings is 1. The van der Waals surface area contributed by atoms with Gasteiger partial charge in [-0.3, -0.25) is 4.98 Å². The molecule has 2 aliphatic rings. The van der Waals surface area contributed by atoms with Crippen molar-refractivity contribution in [3.05, 3.63) is 29.1 Å². The Morgan fingerprint density at radius 3 is 2.61 bits per heavy atom. The molecule has 1 saturated heterocycles. The molecule has 0 aromatic carbocycles. The van der Waals surface area contributed by atoms with Crippen LogP contribution in [0.4, 0.5) is 4.79 Å². The topological polar surface area (TPSA) is 42.4 Å². The molecule has 126 valence electrons. The largest absolute Gasteiger partial charge is 0.444 e. The molecular formula is C19H28N2O2. The van der Waals surface area contributed by atoms with Crippen molar-refractivity contribution in [2.24, 2.45) is 0 Å². The van der Waals surface area contributed by atoms with E-state index in [4.69, 9.17) is 4.74 Å². The van der Waals surface area contributed by atoms with E-state index in [1.165, 1.54) is 36.1 Å². The monoisotopic (exact) mass is 316 g/mol. The number of rotatable bonds is 1. The van der Waals surface area contributed by atoms with E-state index in [1.807, 2.05) is 31.9 Å². The van der Waals surface area contributed by atoms with Crippen LogP contribution in [0.2, 0.25) is 0 Å². The number of likely N-dealkylation sites (tertiary alicyclic amines) is 1. The van der Waals surface area contributed by atoms with Gasteiger partial charge in [0, 0.05) is 25.0 Å². The third-order valence-electron chi connectivity index (χ3n) is 4.86. The van der Waals surface area contributed by atoms with Gasteiger partial charge < -0.3 is 9.64 Å². The first-order valence-electron chi connectivity index (χ1n) is 8.88. The first kappa shape index (κ1) is 16.3. The average Bonchev–Trinajstić information content (AvgIpc) is 2.53. The van der Waals surface area contributed by atoms with Crippen LogP contribution < -0.4 is 0 Å². The highest BCUT2D eigenvalue weighted by Gasteiger charge is 2.29. The predicted molar refractivity (Wildman–Crippen MR) is 90.7 cm³/mol. The minimum atomic E-state index is -0.419. The molecule has 0 saturated carbocycles. The smallest absolute Gasteiger partial charge is 0.410 e. The van der Waals surface area contributed by atoms with Crippen LogP contribution >= 0.6 is 0 Å². The Balaban J connectivity index is 1.65. The summed E-state index contributed by atoms with van der Waals surface area (Å²) in [6, 6.07) is 2.21. The van der Waals surface area contributed by atoms with Gasteiger partial charge >= 0.3 is 6.09 Å². The highest BCUT2D eigenvalue weighted by molar-refractivity contribution is 5.68. The summed E-state index contributed by atoms with van der Waals surface area (Å²) in [6.07, 6.45) is 8.69. The highest BCUT2D eigenvalue weighted by atomic mass is 16.6. The zero-order chi connectivity index (χ0) is 16.4. The lowest BCUT2D eigenvalue weighted by Gasteiger charge is -2.34. The molecule has 0 bridgehead atoms. The summed E-state index contributed by atoms with van der Waals surface area (Å²) in [5.74, 6) is 0.559. The Kier molecular flexibility index (Phi) is 4.60. The van der Waals surface area contributed by atoms with Gasteiger partial charge in [0.2, 0.25) is 0 Å². The van der Waals surface area contributed by atoms with E-state index < -0.39 is 5.60 Å². The fraction of sp³-hybridized carbons (Fsp3) is 0.684. The molecule has 23 heavy (non-hydrogen) atoms. The third kappa shape index (κ3) is 3.85. The van der Waals surface area contributed by atoms with Crippen LogP contribution in [0.3, 0.4) is 0 Å². The summed E-state index contributed by atoms with van der Waals surface area (Å²) in [5.41, 5.74) is 3.87. The number of aromatic nitrogens is 1. The molecule has 1 aromatic heterocycles. The Morgan fingerprint density at radius 1 is 1.22 bits per heavy atom. The second-order valence-corrected chi connectivity index (χ2v) is 7.77. The van der Waals surface area contributed by atoms with E-state index in [9.17, 15) is 4.79 Å². The van der Waals surface area contributed by atoms with Crippen LogP contribution in [0.25, 0.3) is 0 Å². The number of aryl methyl sites for hydroxylation is 1. The first-order chi connectivity index (χ1) is 10.9. The van der Waals surface area contributed by atoms with E-state index in [0.717, 1.165) is 32.4 Å². The molecule has 0 radical (unpaired) electrons. The van der Waals surface area contributed by atoms with Crippen LogP contribution in [0.5, 0.6) is 0 Å². The normalized spacial score (nSPS) is 19.3. The summed E-state index contributed by atoms with van der Waals surface area (Å²) in [5, 5.41) is 0. The fourth-order valence-electron chi connectivity index (χ4n) is 3.73. The minimum Gasteiger partial charge on any atom is -0.444 e. The van der Waals surface area contributed by atoms with Gasteiger partial charge in [-0.2, -0.15) is 0 Å². The number of hydrogen-bond donors (Lipinski definition) is 0. The summed E-state index contributed by atoms with van der Waals surface area (Å²) < 4.78 is 5.49. The van der Waals surface area contributed by atoms with Gasteiger partial charge in [-0.05, 0) is 82.4 Å². The molecule has 1 aromatic rings. The molecule has 4 nitrogen and oxygen atoms in total. The maximum Gasteiger partial charge on any atom is 0.410 e. The molecule has 0 unspecified atom stereocenters. The molecular weight excluding hydrogens is 288 g/mol. The fourth-order valence-corrected chi connectivity index (χ4v) is 3.73. The lowest BCUT2D eigenvalue weighted by Crippen LogP contribution is -2.41. The molecule has 0 spiro atoms. The van der Waals surface area contributed by atoms with E-state index in [2.05, 4.69) is 11.1 Å². The van der Waals surface area contributed by atoms with Crippen molar-refractivity contribution in [3.8, 4) is 0 Å². The van der Waals surface area contributed by atoms with Crippen molar-refractivity contribution < 1.29 is 9.53 Å². The third-order valence-corrected chi connectivity index (χ3v) is 4.86. The van der Waals surface area contributed by atoms with Gasteiger partial charge in [-0.25, -0.2) is 4.79 Å². The minimum absolute atomic E-state index is 0.173. The molecule has 0 atom stereocenters. The number of carbonyl (C=O) groups excluding carboxylic acids is 1. The van der Waals surface area contributed by atoms with Crippen LogP contribution in [-0.2, 0) is 17.6 Å². The Bertz CT molecular complexity index is 569. The van der Waals surface area contributed by atoms with Gasteiger partial charge in [0.15, 0.2) is 0 Å². The number of amides is 1. The Hall–Kier alpha value is -1.58.